The second-order valence-electron chi connectivity index (χ2n) is 7.07. The molecule has 8 nitrogen and oxygen atoms in total. The van der Waals surface area contributed by atoms with Crippen LogP contribution in [0.1, 0.15) is 40.9 Å². The lowest BCUT2D eigenvalue weighted by molar-refractivity contribution is 0.0701. The van der Waals surface area contributed by atoms with Crippen molar-refractivity contribution >= 4 is 16.8 Å². The number of hydrogen-bond acceptors (Lipinski definition) is 5. The Hall–Kier alpha value is -3.03. The maximum Gasteiger partial charge on any atom is 0.270 e. The van der Waals surface area contributed by atoms with Gasteiger partial charge in [-0.1, -0.05) is 0 Å². The molecule has 1 aliphatic carbocycles. The molecular weight excluding hydrogens is 346 g/mol. The molecule has 1 saturated carbocycles. The second-order valence-corrected chi connectivity index (χ2v) is 7.07. The first-order valence-corrected chi connectivity index (χ1v) is 9.14. The SMILES string of the molecule is COc1ccc(OC)c2[nH]c(C(=O)N3CCn4c(nnc4C4CC4)C3)cc12. The molecule has 1 amide bonds. The number of rotatable bonds is 4. The van der Waals surface area contributed by atoms with Gasteiger partial charge < -0.3 is 23.9 Å². The molecule has 2 aromatic heterocycles. The Labute approximate surface area is 156 Å². The Morgan fingerprint density at radius 3 is 2.67 bits per heavy atom. The van der Waals surface area contributed by atoms with Crippen LogP contribution >= 0.6 is 0 Å². The number of aromatic amines is 1. The fourth-order valence-corrected chi connectivity index (χ4v) is 3.80. The van der Waals surface area contributed by atoms with Crippen LogP contribution in [0, 0.1) is 0 Å². The lowest BCUT2D eigenvalue weighted by Gasteiger charge is -2.27. The summed E-state index contributed by atoms with van der Waals surface area (Å²) in [4.78, 5) is 18.1. The number of carbonyl (C=O) groups excluding carboxylic acids is 1. The van der Waals surface area contributed by atoms with Crippen LogP contribution in [0.2, 0.25) is 0 Å². The van der Waals surface area contributed by atoms with Crippen molar-refractivity contribution in [2.45, 2.75) is 31.8 Å². The zero-order valence-electron chi connectivity index (χ0n) is 15.4. The molecule has 1 N–H and O–H groups in total. The van der Waals surface area contributed by atoms with Crippen LogP contribution in [0.15, 0.2) is 18.2 Å². The highest BCUT2D eigenvalue weighted by molar-refractivity contribution is 6.01. The normalized spacial score (nSPS) is 16.4. The van der Waals surface area contributed by atoms with Gasteiger partial charge in [-0.3, -0.25) is 4.79 Å². The van der Waals surface area contributed by atoms with Gasteiger partial charge in [-0.05, 0) is 31.0 Å². The van der Waals surface area contributed by atoms with Gasteiger partial charge in [0.05, 0.1) is 26.3 Å². The summed E-state index contributed by atoms with van der Waals surface area (Å²) in [6.45, 7) is 1.86. The quantitative estimate of drug-likeness (QED) is 0.765. The van der Waals surface area contributed by atoms with Gasteiger partial charge in [0, 0.05) is 24.4 Å². The first-order chi connectivity index (χ1) is 13.2. The minimum atomic E-state index is -0.0578. The molecule has 2 aliphatic rings. The van der Waals surface area contributed by atoms with E-state index in [4.69, 9.17) is 9.47 Å². The van der Waals surface area contributed by atoms with Crippen LogP contribution in [0.4, 0.5) is 0 Å². The van der Waals surface area contributed by atoms with Gasteiger partial charge in [-0.15, -0.1) is 10.2 Å². The fraction of sp³-hybridized carbons (Fsp3) is 0.421. The number of benzene rings is 1. The second kappa shape index (κ2) is 6.00. The predicted molar refractivity (Wildman–Crippen MR) is 98.1 cm³/mol. The Bertz CT molecular complexity index is 993. The van der Waals surface area contributed by atoms with E-state index < -0.39 is 0 Å². The van der Waals surface area contributed by atoms with Crippen molar-refractivity contribution in [3.8, 4) is 11.5 Å². The Morgan fingerprint density at radius 2 is 1.93 bits per heavy atom. The highest BCUT2D eigenvalue weighted by Gasteiger charge is 2.33. The largest absolute Gasteiger partial charge is 0.496 e. The summed E-state index contributed by atoms with van der Waals surface area (Å²) in [5.41, 5.74) is 1.28. The monoisotopic (exact) mass is 367 g/mol. The molecule has 3 heterocycles. The molecule has 0 atom stereocenters. The Morgan fingerprint density at radius 1 is 1.15 bits per heavy atom. The molecule has 27 heavy (non-hydrogen) atoms. The van der Waals surface area contributed by atoms with E-state index in [0.29, 0.717) is 36.2 Å². The molecule has 1 fully saturated rings. The average molecular weight is 367 g/mol. The molecule has 0 saturated heterocycles. The molecule has 3 aromatic rings. The third kappa shape index (κ3) is 2.55. The Balaban J connectivity index is 1.45. The highest BCUT2D eigenvalue weighted by Crippen LogP contribution is 2.39. The van der Waals surface area contributed by atoms with Crippen molar-refractivity contribution in [2.24, 2.45) is 0 Å². The maximum atomic E-state index is 13.1. The number of H-pyrrole nitrogens is 1. The summed E-state index contributed by atoms with van der Waals surface area (Å²) in [5, 5.41) is 9.48. The number of aromatic nitrogens is 4. The lowest BCUT2D eigenvalue weighted by Crippen LogP contribution is -2.38. The van der Waals surface area contributed by atoms with E-state index in [0.717, 1.165) is 29.1 Å². The van der Waals surface area contributed by atoms with Crippen LogP contribution < -0.4 is 9.47 Å². The third-order valence-electron chi connectivity index (χ3n) is 5.40. The van der Waals surface area contributed by atoms with Crippen molar-refractivity contribution in [1.82, 2.24) is 24.6 Å². The predicted octanol–water partition coefficient (Wildman–Crippen LogP) is 2.31. The minimum absolute atomic E-state index is 0.0578. The van der Waals surface area contributed by atoms with Gasteiger partial charge in [0.15, 0.2) is 5.82 Å². The smallest absolute Gasteiger partial charge is 0.270 e. The summed E-state index contributed by atoms with van der Waals surface area (Å²) in [5.74, 6) is 3.82. The summed E-state index contributed by atoms with van der Waals surface area (Å²) in [6.07, 6.45) is 2.39. The number of nitrogens with zero attached hydrogens (tertiary/aromatic N) is 4. The minimum Gasteiger partial charge on any atom is -0.496 e. The Kier molecular flexibility index (Phi) is 3.60. The first kappa shape index (κ1) is 16.2. The standard InChI is InChI=1S/C19H21N5O3/c1-26-14-5-6-15(27-2)17-12(14)9-13(20-17)19(25)23-7-8-24-16(10-23)21-22-18(24)11-3-4-11/h5-6,9,11,20H,3-4,7-8,10H2,1-2H3. The number of nitrogens with one attached hydrogen (secondary N) is 1. The molecule has 140 valence electrons. The van der Waals surface area contributed by atoms with Crippen LogP contribution in [-0.2, 0) is 13.1 Å². The molecule has 1 aliphatic heterocycles. The van der Waals surface area contributed by atoms with E-state index in [-0.39, 0.29) is 5.91 Å². The number of hydrogen-bond donors (Lipinski definition) is 1. The van der Waals surface area contributed by atoms with Gasteiger partial charge in [0.2, 0.25) is 0 Å². The van der Waals surface area contributed by atoms with E-state index in [1.54, 1.807) is 14.2 Å². The van der Waals surface area contributed by atoms with Crippen LogP contribution in [0.25, 0.3) is 10.9 Å². The number of fused-ring (bicyclic) bond motifs is 2. The van der Waals surface area contributed by atoms with Gasteiger partial charge in [0.1, 0.15) is 23.0 Å². The molecule has 0 unspecified atom stereocenters. The number of methoxy groups -OCH3 is 2. The van der Waals surface area contributed by atoms with Crippen LogP contribution in [0.5, 0.6) is 11.5 Å². The van der Waals surface area contributed by atoms with Crippen LogP contribution in [0.3, 0.4) is 0 Å². The molecule has 1 aromatic carbocycles. The molecule has 0 spiro atoms. The summed E-state index contributed by atoms with van der Waals surface area (Å²) in [6, 6.07) is 5.49. The molecule has 0 radical (unpaired) electrons. The lowest BCUT2D eigenvalue weighted by atomic mass is 10.2. The molecular formula is C19H21N5O3. The zero-order chi connectivity index (χ0) is 18.5. The van der Waals surface area contributed by atoms with Crippen molar-refractivity contribution in [1.29, 1.82) is 0 Å². The summed E-state index contributed by atoms with van der Waals surface area (Å²) in [7, 11) is 3.23. The fourth-order valence-electron chi connectivity index (χ4n) is 3.80. The molecule has 0 bridgehead atoms. The molecule has 8 heteroatoms. The first-order valence-electron chi connectivity index (χ1n) is 9.14. The number of carbonyl (C=O) groups is 1. The van der Waals surface area contributed by atoms with E-state index in [1.165, 1.54) is 12.8 Å². The summed E-state index contributed by atoms with van der Waals surface area (Å²) >= 11 is 0. The zero-order valence-corrected chi connectivity index (χ0v) is 15.4. The summed E-state index contributed by atoms with van der Waals surface area (Å²) < 4.78 is 13.0. The van der Waals surface area contributed by atoms with E-state index in [1.807, 2.05) is 23.1 Å². The van der Waals surface area contributed by atoms with Crippen molar-refractivity contribution in [2.75, 3.05) is 20.8 Å². The number of ether oxygens (including phenoxy) is 2. The van der Waals surface area contributed by atoms with Gasteiger partial charge in [-0.25, -0.2) is 0 Å². The topological polar surface area (TPSA) is 85.3 Å². The van der Waals surface area contributed by atoms with Crippen molar-refractivity contribution < 1.29 is 14.3 Å². The van der Waals surface area contributed by atoms with Gasteiger partial charge in [-0.2, -0.15) is 0 Å². The molecule has 5 rings (SSSR count). The third-order valence-corrected chi connectivity index (χ3v) is 5.40. The van der Waals surface area contributed by atoms with Gasteiger partial charge >= 0.3 is 0 Å². The van der Waals surface area contributed by atoms with Crippen molar-refractivity contribution in [3.05, 3.63) is 35.5 Å². The van der Waals surface area contributed by atoms with Gasteiger partial charge in [0.25, 0.3) is 5.91 Å². The van der Waals surface area contributed by atoms with Crippen LogP contribution in [-0.4, -0.2) is 51.3 Å². The van der Waals surface area contributed by atoms with E-state index >= 15 is 0 Å². The number of amides is 1. The van der Waals surface area contributed by atoms with E-state index in [2.05, 4.69) is 19.7 Å². The van der Waals surface area contributed by atoms with Crippen molar-refractivity contribution in [3.63, 3.8) is 0 Å². The van der Waals surface area contributed by atoms with E-state index in [9.17, 15) is 4.79 Å². The maximum absolute atomic E-state index is 13.1. The average Bonchev–Trinajstić information content (AvgIpc) is 3.29. The highest BCUT2D eigenvalue weighted by atomic mass is 16.5.